The van der Waals surface area contributed by atoms with Gasteiger partial charge in [0.25, 0.3) is 0 Å². The number of hydrogen-bond acceptors (Lipinski definition) is 4. The van der Waals surface area contributed by atoms with Gasteiger partial charge in [-0.15, -0.1) is 0 Å². The molecule has 2 aromatic rings. The first-order valence-corrected chi connectivity index (χ1v) is 10.7. The molecule has 0 spiro atoms. The molecule has 1 aromatic heterocycles. The number of halogens is 2. The van der Waals surface area contributed by atoms with Crippen molar-refractivity contribution < 1.29 is 0 Å². The van der Waals surface area contributed by atoms with Gasteiger partial charge >= 0.3 is 0 Å². The van der Waals surface area contributed by atoms with Crippen LogP contribution in [0.2, 0.25) is 10.0 Å². The van der Waals surface area contributed by atoms with Crippen LogP contribution in [0.1, 0.15) is 42.8 Å². The van der Waals surface area contributed by atoms with Crippen LogP contribution in [0.25, 0.3) is 0 Å². The molecule has 0 atom stereocenters. The maximum Gasteiger partial charge on any atom is 0.140 e. The number of nitrogens with zero attached hydrogens (tertiary/aromatic N) is 3. The van der Waals surface area contributed by atoms with E-state index in [2.05, 4.69) is 10.2 Å². The standard InChI is InChI=1S/C21H26Cl2N4/c1-14-25-19(5-2-10-24-13-15-6-7-15)17-4-3-11-27(21(17)26-14)20-9-8-16(22)12-18(20)23/h8-9,12,15,24H,2-7,10-11,13H2,1H3. The zero-order valence-electron chi connectivity index (χ0n) is 15.8. The number of rotatable bonds is 7. The Morgan fingerprint density at radius 1 is 1.22 bits per heavy atom. The summed E-state index contributed by atoms with van der Waals surface area (Å²) in [6, 6.07) is 5.67. The molecular formula is C21H26Cl2N4. The number of aromatic nitrogens is 2. The minimum Gasteiger partial charge on any atom is -0.325 e. The minimum atomic E-state index is 0.652. The third kappa shape index (κ3) is 4.56. The topological polar surface area (TPSA) is 41.1 Å². The molecule has 1 saturated carbocycles. The fraction of sp³-hybridized carbons (Fsp3) is 0.524. The van der Waals surface area contributed by atoms with Gasteiger partial charge in [0.15, 0.2) is 0 Å². The van der Waals surface area contributed by atoms with E-state index in [1.165, 1.54) is 30.6 Å². The molecule has 0 amide bonds. The van der Waals surface area contributed by atoms with E-state index in [4.69, 9.17) is 33.2 Å². The molecule has 144 valence electrons. The van der Waals surface area contributed by atoms with Crippen molar-refractivity contribution in [2.24, 2.45) is 5.92 Å². The molecule has 1 aromatic carbocycles. The van der Waals surface area contributed by atoms with Crippen LogP contribution in [0.3, 0.4) is 0 Å². The summed E-state index contributed by atoms with van der Waals surface area (Å²) in [5.41, 5.74) is 3.44. The lowest BCUT2D eigenvalue weighted by atomic mass is 10.00. The SMILES string of the molecule is Cc1nc(CCCNCC2CC2)c2c(n1)N(c1ccc(Cl)cc1Cl)CCC2. The number of hydrogen-bond donors (Lipinski definition) is 1. The van der Waals surface area contributed by atoms with Crippen LogP contribution in [0.4, 0.5) is 11.5 Å². The molecule has 1 aliphatic heterocycles. The highest BCUT2D eigenvalue weighted by molar-refractivity contribution is 6.36. The largest absolute Gasteiger partial charge is 0.325 e. The Labute approximate surface area is 171 Å². The van der Waals surface area contributed by atoms with E-state index < -0.39 is 0 Å². The number of benzene rings is 1. The van der Waals surface area contributed by atoms with Crippen molar-refractivity contribution in [1.82, 2.24) is 15.3 Å². The Morgan fingerprint density at radius 2 is 2.07 bits per heavy atom. The first-order chi connectivity index (χ1) is 13.1. The highest BCUT2D eigenvalue weighted by atomic mass is 35.5. The number of nitrogens with one attached hydrogen (secondary N) is 1. The van der Waals surface area contributed by atoms with Crippen molar-refractivity contribution in [2.45, 2.75) is 45.4 Å². The molecule has 1 fully saturated rings. The Hall–Kier alpha value is -1.36. The van der Waals surface area contributed by atoms with Gasteiger partial charge in [0, 0.05) is 22.8 Å². The van der Waals surface area contributed by atoms with E-state index >= 15 is 0 Å². The zero-order valence-corrected chi connectivity index (χ0v) is 17.3. The van der Waals surface area contributed by atoms with Crippen LogP contribution in [0, 0.1) is 12.8 Å². The molecule has 1 aliphatic carbocycles. The molecule has 27 heavy (non-hydrogen) atoms. The van der Waals surface area contributed by atoms with Gasteiger partial charge in [-0.3, -0.25) is 0 Å². The molecule has 0 saturated heterocycles. The van der Waals surface area contributed by atoms with Crippen LogP contribution in [-0.2, 0) is 12.8 Å². The maximum atomic E-state index is 6.48. The zero-order chi connectivity index (χ0) is 18.8. The fourth-order valence-electron chi connectivity index (χ4n) is 3.79. The molecule has 0 radical (unpaired) electrons. The Bertz CT molecular complexity index is 820. The summed E-state index contributed by atoms with van der Waals surface area (Å²) in [5, 5.41) is 4.89. The van der Waals surface area contributed by atoms with Crippen molar-refractivity contribution in [3.05, 3.63) is 45.3 Å². The first-order valence-electron chi connectivity index (χ1n) is 9.91. The Kier molecular flexibility index (Phi) is 5.86. The third-order valence-corrected chi connectivity index (χ3v) is 5.88. The van der Waals surface area contributed by atoms with Crippen LogP contribution >= 0.6 is 23.2 Å². The van der Waals surface area contributed by atoms with E-state index in [1.54, 1.807) is 6.07 Å². The number of anilines is 2. The lowest BCUT2D eigenvalue weighted by Gasteiger charge is -2.32. The molecule has 0 unspecified atom stereocenters. The lowest BCUT2D eigenvalue weighted by molar-refractivity contribution is 0.606. The molecule has 6 heteroatoms. The molecule has 2 heterocycles. The van der Waals surface area contributed by atoms with E-state index in [0.29, 0.717) is 10.0 Å². The molecule has 4 nitrogen and oxygen atoms in total. The first kappa shape index (κ1) is 19.0. The molecule has 2 aliphatic rings. The van der Waals surface area contributed by atoms with Crippen molar-refractivity contribution in [3.8, 4) is 0 Å². The Balaban J connectivity index is 1.53. The van der Waals surface area contributed by atoms with Crippen LogP contribution in [0.15, 0.2) is 18.2 Å². The second-order valence-electron chi connectivity index (χ2n) is 7.62. The quantitative estimate of drug-likeness (QED) is 0.650. The highest BCUT2D eigenvalue weighted by Crippen LogP contribution is 2.38. The van der Waals surface area contributed by atoms with Crippen molar-refractivity contribution in [1.29, 1.82) is 0 Å². The van der Waals surface area contributed by atoms with Crippen molar-refractivity contribution in [2.75, 3.05) is 24.5 Å². The van der Waals surface area contributed by atoms with Gasteiger partial charge in [-0.1, -0.05) is 23.2 Å². The van der Waals surface area contributed by atoms with E-state index in [9.17, 15) is 0 Å². The van der Waals surface area contributed by atoms with Gasteiger partial charge < -0.3 is 10.2 Å². The monoisotopic (exact) mass is 404 g/mol. The van der Waals surface area contributed by atoms with Gasteiger partial charge in [0.2, 0.25) is 0 Å². The fourth-order valence-corrected chi connectivity index (χ4v) is 4.30. The smallest absolute Gasteiger partial charge is 0.140 e. The molecule has 1 N–H and O–H groups in total. The lowest BCUT2D eigenvalue weighted by Crippen LogP contribution is -2.28. The number of fused-ring (bicyclic) bond motifs is 1. The van der Waals surface area contributed by atoms with Crippen LogP contribution in [-0.4, -0.2) is 29.6 Å². The van der Waals surface area contributed by atoms with Gasteiger partial charge in [-0.25, -0.2) is 9.97 Å². The van der Waals surface area contributed by atoms with E-state index in [-0.39, 0.29) is 0 Å². The van der Waals surface area contributed by atoms with Gasteiger partial charge in [0.1, 0.15) is 11.6 Å². The van der Waals surface area contributed by atoms with Crippen LogP contribution < -0.4 is 10.2 Å². The number of aryl methyl sites for hydroxylation is 2. The summed E-state index contributed by atoms with van der Waals surface area (Å²) in [4.78, 5) is 11.8. The summed E-state index contributed by atoms with van der Waals surface area (Å²) in [6.45, 7) is 5.11. The summed E-state index contributed by atoms with van der Waals surface area (Å²) < 4.78 is 0. The van der Waals surface area contributed by atoms with Gasteiger partial charge in [-0.05, 0) is 82.7 Å². The van der Waals surface area contributed by atoms with Crippen molar-refractivity contribution in [3.63, 3.8) is 0 Å². The van der Waals surface area contributed by atoms with E-state index in [0.717, 1.165) is 62.0 Å². The average molecular weight is 405 g/mol. The normalized spacial score (nSPS) is 16.5. The van der Waals surface area contributed by atoms with Gasteiger partial charge in [-0.2, -0.15) is 0 Å². The molecule has 0 bridgehead atoms. The minimum absolute atomic E-state index is 0.652. The second-order valence-corrected chi connectivity index (χ2v) is 8.47. The molecular weight excluding hydrogens is 379 g/mol. The third-order valence-electron chi connectivity index (χ3n) is 5.34. The maximum absolute atomic E-state index is 6.48. The van der Waals surface area contributed by atoms with Crippen molar-refractivity contribution >= 4 is 34.7 Å². The second kappa shape index (κ2) is 8.34. The highest BCUT2D eigenvalue weighted by Gasteiger charge is 2.25. The summed E-state index contributed by atoms with van der Waals surface area (Å²) in [5.74, 6) is 2.77. The predicted octanol–water partition coefficient (Wildman–Crippen LogP) is 5.11. The Morgan fingerprint density at radius 3 is 2.85 bits per heavy atom. The van der Waals surface area contributed by atoms with E-state index in [1.807, 2.05) is 19.1 Å². The van der Waals surface area contributed by atoms with Gasteiger partial charge in [0.05, 0.1) is 10.7 Å². The molecule has 4 rings (SSSR count). The predicted molar refractivity (Wildman–Crippen MR) is 112 cm³/mol. The summed E-state index contributed by atoms with van der Waals surface area (Å²) in [7, 11) is 0. The summed E-state index contributed by atoms with van der Waals surface area (Å²) >= 11 is 12.6. The summed E-state index contributed by atoms with van der Waals surface area (Å²) in [6.07, 6.45) is 7.00. The average Bonchev–Trinajstić information content (AvgIpc) is 3.45. The van der Waals surface area contributed by atoms with Crippen LogP contribution in [0.5, 0.6) is 0 Å².